The summed E-state index contributed by atoms with van der Waals surface area (Å²) in [6, 6.07) is 26.9. The minimum absolute atomic E-state index is 0.0775. The molecule has 2 unspecified atom stereocenters. The molecule has 0 N–H and O–H groups in total. The Bertz CT molecular complexity index is 1390. The second-order valence-electron chi connectivity index (χ2n) is 10.2. The summed E-state index contributed by atoms with van der Waals surface area (Å²) in [5.74, 6) is 0.402. The predicted molar refractivity (Wildman–Crippen MR) is 162 cm³/mol. The molecule has 0 spiro atoms. The molecule has 38 heavy (non-hydrogen) atoms. The molecular weight excluding hydrogens is 527 g/mol. The quantitative estimate of drug-likeness (QED) is 0.123. The molecule has 0 bridgehead atoms. The van der Waals surface area contributed by atoms with Gasteiger partial charge in [0.15, 0.2) is 0 Å². The van der Waals surface area contributed by atoms with Gasteiger partial charge >= 0.3 is 5.97 Å². The smallest absolute Gasteiger partial charge is 0.338 e. The molecular formula is C32H33NO2S3. The van der Waals surface area contributed by atoms with Gasteiger partial charge in [0, 0.05) is 17.0 Å². The van der Waals surface area contributed by atoms with E-state index in [0.717, 1.165) is 52.9 Å². The first-order chi connectivity index (χ1) is 18.5. The van der Waals surface area contributed by atoms with Gasteiger partial charge in [-0.3, -0.25) is 4.90 Å². The highest BCUT2D eigenvalue weighted by molar-refractivity contribution is 7.79. The van der Waals surface area contributed by atoms with E-state index in [9.17, 15) is 4.79 Å². The highest BCUT2D eigenvalue weighted by atomic mass is 32.9. The minimum Gasteiger partial charge on any atom is -0.452 e. The van der Waals surface area contributed by atoms with Gasteiger partial charge < -0.3 is 4.74 Å². The Hall–Kier alpha value is -2.64. The molecule has 196 valence electrons. The first kappa shape index (κ1) is 26.9. The van der Waals surface area contributed by atoms with E-state index in [0.29, 0.717) is 11.5 Å². The number of piperidine rings is 1. The summed E-state index contributed by atoms with van der Waals surface area (Å²) < 4.78 is 7.14. The van der Waals surface area contributed by atoms with Crippen LogP contribution in [0.3, 0.4) is 0 Å². The number of hydrogen-bond donors (Lipinski definition) is 0. The van der Waals surface area contributed by atoms with Crippen LogP contribution in [-0.2, 0) is 11.2 Å². The van der Waals surface area contributed by atoms with Crippen molar-refractivity contribution in [2.24, 2.45) is 5.92 Å². The van der Waals surface area contributed by atoms with Crippen molar-refractivity contribution in [1.29, 1.82) is 0 Å². The monoisotopic (exact) mass is 559 g/mol. The van der Waals surface area contributed by atoms with E-state index in [1.54, 1.807) is 20.7 Å². The van der Waals surface area contributed by atoms with E-state index in [4.69, 9.17) is 17.0 Å². The van der Waals surface area contributed by atoms with Crippen LogP contribution in [0.2, 0.25) is 0 Å². The van der Waals surface area contributed by atoms with E-state index >= 15 is 0 Å². The predicted octanol–water partition coefficient (Wildman–Crippen LogP) is 8.76. The summed E-state index contributed by atoms with van der Waals surface area (Å²) in [6.07, 6.45) is 3.10. The zero-order valence-electron chi connectivity index (χ0n) is 21.8. The van der Waals surface area contributed by atoms with Gasteiger partial charge in [0.2, 0.25) is 0 Å². The molecule has 2 atom stereocenters. The van der Waals surface area contributed by atoms with Crippen LogP contribution in [0, 0.1) is 16.7 Å². The van der Waals surface area contributed by atoms with Gasteiger partial charge in [-0.05, 0) is 80.9 Å². The van der Waals surface area contributed by atoms with E-state index in [1.807, 2.05) is 24.3 Å². The van der Waals surface area contributed by atoms with E-state index in [2.05, 4.69) is 78.7 Å². The third-order valence-corrected chi connectivity index (χ3v) is 10.3. The average Bonchev–Trinajstić information content (AvgIpc) is 3.38. The zero-order chi connectivity index (χ0) is 26.5. The largest absolute Gasteiger partial charge is 0.452 e. The fourth-order valence-corrected chi connectivity index (χ4v) is 7.66. The Morgan fingerprint density at radius 2 is 1.68 bits per heavy atom. The van der Waals surface area contributed by atoms with Crippen molar-refractivity contribution in [3.8, 4) is 11.1 Å². The standard InChI is InChI=1S/C32H33NO2S3/c1-22-8-10-27(11-9-22)30(23(2)33-18-16-25(17-19-33)20-24-6-4-3-5-7-24)35-31(34)28-14-12-26(13-15-28)29-21-37-38-32(29)36/h3-15,21,23,25,30H,16-20H2,1-2H3. The fourth-order valence-electron chi connectivity index (χ4n) is 5.27. The lowest BCUT2D eigenvalue weighted by molar-refractivity contribution is -0.00612. The lowest BCUT2D eigenvalue weighted by Crippen LogP contribution is -2.44. The van der Waals surface area contributed by atoms with Gasteiger partial charge in [0.25, 0.3) is 0 Å². The van der Waals surface area contributed by atoms with Gasteiger partial charge in [-0.2, -0.15) is 0 Å². The van der Waals surface area contributed by atoms with Gasteiger partial charge in [0.1, 0.15) is 9.93 Å². The summed E-state index contributed by atoms with van der Waals surface area (Å²) in [4.78, 5) is 15.8. The minimum atomic E-state index is -0.341. The first-order valence-corrected chi connectivity index (χ1v) is 15.8. The second kappa shape index (κ2) is 12.5. The maximum absolute atomic E-state index is 13.3. The molecule has 6 heteroatoms. The molecule has 5 rings (SSSR count). The Labute approximate surface area is 238 Å². The number of aryl methyl sites for hydroxylation is 1. The molecule has 1 aliphatic heterocycles. The molecule has 3 aromatic carbocycles. The summed E-state index contributed by atoms with van der Waals surface area (Å²) in [7, 11) is 3.23. The van der Waals surface area contributed by atoms with Crippen LogP contribution in [0.15, 0.2) is 84.2 Å². The van der Waals surface area contributed by atoms with Crippen molar-refractivity contribution in [3.05, 3.63) is 110 Å². The number of nitrogens with zero attached hydrogens (tertiary/aromatic N) is 1. The maximum Gasteiger partial charge on any atom is 0.338 e. The molecule has 2 heterocycles. The molecule has 0 radical (unpaired) electrons. The summed E-state index contributed by atoms with van der Waals surface area (Å²) in [5.41, 5.74) is 6.29. The Morgan fingerprint density at radius 3 is 2.32 bits per heavy atom. The Morgan fingerprint density at radius 1 is 1.00 bits per heavy atom. The number of rotatable bonds is 8. The van der Waals surface area contributed by atoms with Gasteiger partial charge in [-0.25, -0.2) is 4.79 Å². The third kappa shape index (κ3) is 6.49. The molecule has 0 amide bonds. The summed E-state index contributed by atoms with van der Waals surface area (Å²) in [5, 5.41) is 2.07. The number of esters is 1. The molecule has 3 nitrogen and oxygen atoms in total. The second-order valence-corrected chi connectivity index (χ2v) is 13.0. The van der Waals surface area contributed by atoms with Gasteiger partial charge in [-0.1, -0.05) is 105 Å². The maximum atomic E-state index is 13.3. The third-order valence-electron chi connectivity index (χ3n) is 7.61. The summed E-state index contributed by atoms with van der Waals surface area (Å²) in [6.45, 7) is 6.30. The van der Waals surface area contributed by atoms with Crippen LogP contribution in [0.4, 0.5) is 0 Å². The number of likely N-dealkylation sites (tertiary alicyclic amines) is 1. The number of ether oxygens (including phenoxy) is 1. The molecule has 1 aromatic heterocycles. The topological polar surface area (TPSA) is 29.5 Å². The molecule has 1 aliphatic rings. The molecule has 1 fully saturated rings. The number of benzene rings is 3. The van der Waals surface area contributed by atoms with Crippen molar-refractivity contribution < 1.29 is 9.53 Å². The Balaban J connectivity index is 1.28. The van der Waals surface area contributed by atoms with Crippen molar-refractivity contribution in [2.75, 3.05) is 13.1 Å². The average molecular weight is 560 g/mol. The normalized spacial score (nSPS) is 16.2. The van der Waals surface area contributed by atoms with Crippen molar-refractivity contribution in [2.45, 2.75) is 45.3 Å². The van der Waals surface area contributed by atoms with Crippen molar-refractivity contribution in [3.63, 3.8) is 0 Å². The highest BCUT2D eigenvalue weighted by Crippen LogP contribution is 2.32. The fraction of sp³-hybridized carbons (Fsp3) is 0.312. The van der Waals surface area contributed by atoms with E-state index in [1.165, 1.54) is 11.1 Å². The van der Waals surface area contributed by atoms with E-state index < -0.39 is 0 Å². The van der Waals surface area contributed by atoms with Gasteiger partial charge in [0.05, 0.1) is 5.56 Å². The SMILES string of the molecule is Cc1ccc(C(OC(=O)c2ccc(-c3cssc3=S)cc2)C(C)N2CCC(Cc3ccccc3)CC2)cc1. The van der Waals surface area contributed by atoms with Crippen LogP contribution in [0.5, 0.6) is 0 Å². The van der Waals surface area contributed by atoms with E-state index in [-0.39, 0.29) is 18.1 Å². The molecule has 0 aliphatic carbocycles. The van der Waals surface area contributed by atoms with Crippen LogP contribution in [-0.4, -0.2) is 30.0 Å². The van der Waals surface area contributed by atoms with Crippen molar-refractivity contribution in [1.82, 2.24) is 4.90 Å². The molecule has 1 saturated heterocycles. The lowest BCUT2D eigenvalue weighted by atomic mass is 9.89. The van der Waals surface area contributed by atoms with Crippen LogP contribution in [0.25, 0.3) is 11.1 Å². The lowest BCUT2D eigenvalue weighted by Gasteiger charge is -2.39. The number of carbonyl (C=O) groups is 1. The van der Waals surface area contributed by atoms with Crippen LogP contribution >= 0.6 is 32.9 Å². The molecule has 0 saturated carbocycles. The number of carbonyl (C=O) groups excluding carboxylic acids is 1. The zero-order valence-corrected chi connectivity index (χ0v) is 24.3. The van der Waals surface area contributed by atoms with Crippen molar-refractivity contribution >= 4 is 38.9 Å². The van der Waals surface area contributed by atoms with Crippen LogP contribution in [0.1, 0.15) is 52.9 Å². The van der Waals surface area contributed by atoms with Crippen LogP contribution < -0.4 is 0 Å². The highest BCUT2D eigenvalue weighted by Gasteiger charge is 2.31. The Kier molecular flexibility index (Phi) is 8.85. The number of hydrogen-bond acceptors (Lipinski definition) is 6. The molecule has 4 aromatic rings. The van der Waals surface area contributed by atoms with Gasteiger partial charge in [-0.15, -0.1) is 0 Å². The summed E-state index contributed by atoms with van der Waals surface area (Å²) >= 11 is 5.44. The first-order valence-electron chi connectivity index (χ1n) is 13.2.